The lowest BCUT2D eigenvalue weighted by Crippen LogP contribution is -2.32. The Labute approximate surface area is 103 Å². The van der Waals surface area contributed by atoms with E-state index < -0.39 is 0 Å². The molecule has 96 valence electrons. The van der Waals surface area contributed by atoms with Crippen LogP contribution in [0.15, 0.2) is 24.3 Å². The minimum Gasteiger partial charge on any atom is -0.494 e. The molecule has 1 aromatic rings. The molecule has 1 unspecified atom stereocenters. The number of nitrogens with one attached hydrogen (secondary N) is 1. The summed E-state index contributed by atoms with van der Waals surface area (Å²) in [4.78, 5) is 0. The van der Waals surface area contributed by atoms with Crippen LogP contribution in [0.2, 0.25) is 0 Å². The fraction of sp³-hybridized carbons (Fsp3) is 0.538. The smallest absolute Gasteiger partial charge is 0.124 e. The molecule has 0 bridgehead atoms. The topological polar surface area (TPSA) is 56.5 Å². The van der Waals surface area contributed by atoms with E-state index in [4.69, 9.17) is 15.3 Å². The summed E-state index contributed by atoms with van der Waals surface area (Å²) >= 11 is 0. The largest absolute Gasteiger partial charge is 0.494 e. The molecule has 0 spiro atoms. The zero-order valence-electron chi connectivity index (χ0n) is 10.8. The van der Waals surface area contributed by atoms with Crippen LogP contribution in [0.3, 0.4) is 0 Å². The number of hydrazine groups is 1. The van der Waals surface area contributed by atoms with Gasteiger partial charge in [0.2, 0.25) is 0 Å². The minimum absolute atomic E-state index is 0.0554. The molecule has 0 aromatic heterocycles. The third kappa shape index (κ3) is 4.34. The van der Waals surface area contributed by atoms with Crippen LogP contribution in [0, 0.1) is 0 Å². The molecular formula is C13H22N2O2. The standard InChI is InChI=1S/C13H22N2O2/c1-4-16-13-8-6-5-7-11(13)12(15-14)9-17-10(2)3/h5-8,10,12,15H,4,9,14H2,1-3H3. The number of nitrogens with two attached hydrogens (primary N) is 1. The first kappa shape index (κ1) is 14.0. The van der Waals surface area contributed by atoms with Crippen molar-refractivity contribution in [2.75, 3.05) is 13.2 Å². The molecule has 17 heavy (non-hydrogen) atoms. The summed E-state index contributed by atoms with van der Waals surface area (Å²) in [5, 5.41) is 0. The average molecular weight is 238 g/mol. The molecule has 0 heterocycles. The van der Waals surface area contributed by atoms with E-state index in [1.54, 1.807) is 0 Å². The van der Waals surface area contributed by atoms with Gasteiger partial charge in [-0.15, -0.1) is 0 Å². The molecule has 0 radical (unpaired) electrons. The van der Waals surface area contributed by atoms with Crippen LogP contribution >= 0.6 is 0 Å². The Hall–Kier alpha value is -1.10. The summed E-state index contributed by atoms with van der Waals surface area (Å²) in [6.07, 6.45) is 0.185. The minimum atomic E-state index is -0.0554. The van der Waals surface area contributed by atoms with Gasteiger partial charge >= 0.3 is 0 Å². The predicted molar refractivity (Wildman–Crippen MR) is 68.8 cm³/mol. The molecule has 0 fully saturated rings. The van der Waals surface area contributed by atoms with Gasteiger partial charge in [0.15, 0.2) is 0 Å². The van der Waals surface area contributed by atoms with Crippen molar-refractivity contribution in [2.24, 2.45) is 5.84 Å². The first-order chi connectivity index (χ1) is 8.19. The van der Waals surface area contributed by atoms with Crippen molar-refractivity contribution in [1.29, 1.82) is 0 Å². The van der Waals surface area contributed by atoms with Crippen LogP contribution in [0.1, 0.15) is 32.4 Å². The molecule has 0 aliphatic rings. The van der Waals surface area contributed by atoms with Crippen molar-refractivity contribution in [3.63, 3.8) is 0 Å². The number of ether oxygens (including phenoxy) is 2. The second-order valence-electron chi connectivity index (χ2n) is 4.07. The maximum absolute atomic E-state index is 5.58. The van der Waals surface area contributed by atoms with Gasteiger partial charge in [0.05, 0.1) is 25.4 Å². The maximum atomic E-state index is 5.58. The lowest BCUT2D eigenvalue weighted by Gasteiger charge is -2.20. The molecule has 4 heteroatoms. The van der Waals surface area contributed by atoms with E-state index in [1.165, 1.54) is 0 Å². The predicted octanol–water partition coefficient (Wildman–Crippen LogP) is 2.01. The van der Waals surface area contributed by atoms with E-state index in [1.807, 2.05) is 45.0 Å². The van der Waals surface area contributed by atoms with E-state index in [9.17, 15) is 0 Å². The summed E-state index contributed by atoms with van der Waals surface area (Å²) < 4.78 is 11.2. The molecule has 0 saturated heterocycles. The zero-order valence-corrected chi connectivity index (χ0v) is 10.8. The fourth-order valence-electron chi connectivity index (χ4n) is 1.57. The monoisotopic (exact) mass is 238 g/mol. The fourth-order valence-corrected chi connectivity index (χ4v) is 1.57. The highest BCUT2D eigenvalue weighted by molar-refractivity contribution is 5.35. The van der Waals surface area contributed by atoms with Gasteiger partial charge in [-0.25, -0.2) is 0 Å². The van der Waals surface area contributed by atoms with Crippen LogP contribution in [0.4, 0.5) is 0 Å². The molecule has 1 atom stereocenters. The van der Waals surface area contributed by atoms with Gasteiger partial charge in [0.1, 0.15) is 5.75 Å². The molecule has 0 aliphatic heterocycles. The zero-order chi connectivity index (χ0) is 12.7. The highest BCUT2D eigenvalue weighted by Gasteiger charge is 2.15. The summed E-state index contributed by atoms with van der Waals surface area (Å²) in [5.74, 6) is 6.42. The van der Waals surface area contributed by atoms with Crippen LogP contribution in [-0.2, 0) is 4.74 Å². The summed E-state index contributed by atoms with van der Waals surface area (Å²) in [6, 6.07) is 7.81. The Morgan fingerprint density at radius 2 is 2.00 bits per heavy atom. The van der Waals surface area contributed by atoms with Gasteiger partial charge in [0, 0.05) is 5.56 Å². The van der Waals surface area contributed by atoms with Crippen LogP contribution in [0.25, 0.3) is 0 Å². The molecule has 3 N–H and O–H groups in total. The molecule has 0 saturated carbocycles. The summed E-state index contributed by atoms with van der Waals surface area (Å²) in [5.41, 5.74) is 3.79. The van der Waals surface area contributed by atoms with E-state index in [2.05, 4.69) is 5.43 Å². The third-order valence-corrected chi connectivity index (χ3v) is 2.39. The van der Waals surface area contributed by atoms with Crippen molar-refractivity contribution in [3.8, 4) is 5.75 Å². The summed E-state index contributed by atoms with van der Waals surface area (Å²) in [7, 11) is 0. The number of rotatable bonds is 7. The number of hydrogen-bond donors (Lipinski definition) is 2. The van der Waals surface area contributed by atoms with Gasteiger partial charge < -0.3 is 9.47 Å². The van der Waals surface area contributed by atoms with Crippen molar-refractivity contribution < 1.29 is 9.47 Å². The Balaban J connectivity index is 2.79. The van der Waals surface area contributed by atoms with Crippen molar-refractivity contribution in [1.82, 2.24) is 5.43 Å². The van der Waals surface area contributed by atoms with Crippen LogP contribution < -0.4 is 16.0 Å². The molecule has 1 aromatic carbocycles. The van der Waals surface area contributed by atoms with Crippen LogP contribution in [0.5, 0.6) is 5.75 Å². The second-order valence-corrected chi connectivity index (χ2v) is 4.07. The van der Waals surface area contributed by atoms with Gasteiger partial charge in [-0.3, -0.25) is 11.3 Å². The lowest BCUT2D eigenvalue weighted by atomic mass is 10.1. The third-order valence-electron chi connectivity index (χ3n) is 2.39. The van der Waals surface area contributed by atoms with E-state index in [0.717, 1.165) is 11.3 Å². The van der Waals surface area contributed by atoms with Gasteiger partial charge in [-0.1, -0.05) is 18.2 Å². The van der Waals surface area contributed by atoms with Gasteiger partial charge in [-0.2, -0.15) is 0 Å². The second kappa shape index (κ2) is 7.27. The number of para-hydroxylation sites is 1. The van der Waals surface area contributed by atoms with E-state index in [0.29, 0.717) is 13.2 Å². The molecule has 1 rings (SSSR count). The molecule has 0 aliphatic carbocycles. The highest BCUT2D eigenvalue weighted by atomic mass is 16.5. The van der Waals surface area contributed by atoms with Crippen molar-refractivity contribution in [2.45, 2.75) is 32.9 Å². The Kier molecular flexibility index (Phi) is 5.97. The van der Waals surface area contributed by atoms with E-state index >= 15 is 0 Å². The molecule has 4 nitrogen and oxygen atoms in total. The number of hydrogen-bond acceptors (Lipinski definition) is 4. The highest BCUT2D eigenvalue weighted by Crippen LogP contribution is 2.25. The first-order valence-corrected chi connectivity index (χ1v) is 5.98. The van der Waals surface area contributed by atoms with Gasteiger partial charge in [-0.05, 0) is 26.8 Å². The Morgan fingerprint density at radius 3 is 2.59 bits per heavy atom. The lowest BCUT2D eigenvalue weighted by molar-refractivity contribution is 0.0605. The first-order valence-electron chi connectivity index (χ1n) is 5.98. The Morgan fingerprint density at radius 1 is 1.29 bits per heavy atom. The maximum Gasteiger partial charge on any atom is 0.124 e. The van der Waals surface area contributed by atoms with Crippen LogP contribution in [-0.4, -0.2) is 19.3 Å². The normalized spacial score (nSPS) is 12.8. The van der Waals surface area contributed by atoms with E-state index in [-0.39, 0.29) is 12.1 Å². The number of benzene rings is 1. The average Bonchev–Trinajstić information content (AvgIpc) is 2.32. The molecule has 0 amide bonds. The van der Waals surface area contributed by atoms with Crippen molar-refractivity contribution >= 4 is 0 Å². The SMILES string of the molecule is CCOc1ccccc1C(COC(C)C)NN. The van der Waals surface area contributed by atoms with Gasteiger partial charge in [0.25, 0.3) is 0 Å². The quantitative estimate of drug-likeness (QED) is 0.563. The van der Waals surface area contributed by atoms with Crippen molar-refractivity contribution in [3.05, 3.63) is 29.8 Å². The Bertz CT molecular complexity index is 329. The molecular weight excluding hydrogens is 216 g/mol. The summed E-state index contributed by atoms with van der Waals surface area (Å²) in [6.45, 7) is 7.13.